The third-order valence-corrected chi connectivity index (χ3v) is 3.29. The van der Waals surface area contributed by atoms with Crippen molar-refractivity contribution >= 4 is 34.2 Å². The lowest BCUT2D eigenvalue weighted by Crippen LogP contribution is -2.45. The van der Waals surface area contributed by atoms with Gasteiger partial charge in [0.2, 0.25) is 0 Å². The Morgan fingerprint density at radius 2 is 2.33 bits per heavy atom. The first-order valence-electron chi connectivity index (χ1n) is 5.46. The molecule has 1 saturated heterocycles. The van der Waals surface area contributed by atoms with E-state index in [1.165, 1.54) is 0 Å². The smallest absolute Gasteiger partial charge is 0.254 e. The third kappa shape index (κ3) is 2.91. The highest BCUT2D eigenvalue weighted by atomic mass is 127. The van der Waals surface area contributed by atoms with E-state index in [0.717, 1.165) is 3.57 Å². The Bertz CT molecular complexity index is 492. The molecule has 1 aromatic rings. The van der Waals surface area contributed by atoms with Crippen LogP contribution in [0.15, 0.2) is 18.2 Å². The molecule has 1 aromatic carbocycles. The number of carbonyl (C=O) groups excluding carboxylic acids is 1. The quantitative estimate of drug-likeness (QED) is 0.606. The van der Waals surface area contributed by atoms with E-state index >= 15 is 0 Å². The van der Waals surface area contributed by atoms with Crippen LogP contribution in [0, 0.1) is 14.9 Å². The van der Waals surface area contributed by atoms with Crippen molar-refractivity contribution in [1.82, 2.24) is 4.90 Å². The van der Waals surface area contributed by atoms with Gasteiger partial charge in [0.1, 0.15) is 0 Å². The summed E-state index contributed by atoms with van der Waals surface area (Å²) in [6, 6.07) is 7.26. The minimum atomic E-state index is -0.539. The molecule has 1 atom stereocenters. The number of ether oxygens (including phenoxy) is 1. The highest BCUT2D eigenvalue weighted by molar-refractivity contribution is 14.1. The summed E-state index contributed by atoms with van der Waals surface area (Å²) in [5.74, 6) is -0.108. The number of nitrogen functional groups attached to an aromatic ring is 1. The highest BCUT2D eigenvalue weighted by Gasteiger charge is 2.25. The van der Waals surface area contributed by atoms with Crippen LogP contribution in [-0.2, 0) is 4.74 Å². The predicted octanol–water partition coefficient (Wildman–Crippen LogP) is 1.24. The molecule has 94 valence electrons. The second-order valence-corrected chi connectivity index (χ2v) is 5.26. The van der Waals surface area contributed by atoms with Crippen molar-refractivity contribution < 1.29 is 9.53 Å². The predicted molar refractivity (Wildman–Crippen MR) is 74.8 cm³/mol. The van der Waals surface area contributed by atoms with Gasteiger partial charge in [0.05, 0.1) is 19.2 Å². The Kier molecular flexibility index (Phi) is 4.04. The van der Waals surface area contributed by atoms with Crippen molar-refractivity contribution in [3.8, 4) is 6.07 Å². The summed E-state index contributed by atoms with van der Waals surface area (Å²) in [6.45, 7) is 1.20. The Balaban J connectivity index is 2.18. The molecule has 1 aliphatic rings. The minimum Gasteiger partial charge on any atom is -0.399 e. The zero-order chi connectivity index (χ0) is 13.1. The van der Waals surface area contributed by atoms with E-state index in [1.54, 1.807) is 23.1 Å². The molecule has 1 amide bonds. The number of nitriles is 1. The van der Waals surface area contributed by atoms with Gasteiger partial charge < -0.3 is 15.4 Å². The van der Waals surface area contributed by atoms with Crippen LogP contribution in [0.1, 0.15) is 10.4 Å². The summed E-state index contributed by atoms with van der Waals surface area (Å²) in [7, 11) is 0. The van der Waals surface area contributed by atoms with Crippen molar-refractivity contribution in [2.24, 2.45) is 0 Å². The van der Waals surface area contributed by atoms with E-state index < -0.39 is 6.10 Å². The van der Waals surface area contributed by atoms with Crippen LogP contribution in [0.3, 0.4) is 0 Å². The van der Waals surface area contributed by atoms with Crippen molar-refractivity contribution in [2.45, 2.75) is 6.10 Å². The SMILES string of the molecule is N#CC1CN(C(=O)c2cc(N)cc(I)c2)CCO1. The fraction of sp³-hybridized carbons (Fsp3) is 0.333. The van der Waals surface area contributed by atoms with Crippen LogP contribution >= 0.6 is 22.6 Å². The van der Waals surface area contributed by atoms with Crippen molar-refractivity contribution in [1.29, 1.82) is 5.26 Å². The number of rotatable bonds is 1. The van der Waals surface area contributed by atoms with E-state index in [4.69, 9.17) is 15.7 Å². The van der Waals surface area contributed by atoms with Gasteiger partial charge in [-0.05, 0) is 40.8 Å². The van der Waals surface area contributed by atoms with E-state index in [2.05, 4.69) is 22.6 Å². The number of nitrogens with zero attached hydrogens (tertiary/aromatic N) is 2. The van der Waals surface area contributed by atoms with E-state index in [0.29, 0.717) is 30.9 Å². The second-order valence-electron chi connectivity index (χ2n) is 4.01. The summed E-state index contributed by atoms with van der Waals surface area (Å²) in [6.07, 6.45) is -0.539. The standard InChI is InChI=1S/C12H12IN3O2/c13-9-3-8(4-10(15)5-9)12(17)16-1-2-18-11(6-14)7-16/h3-5,11H,1-2,7,15H2. The first-order chi connectivity index (χ1) is 8.60. The maximum absolute atomic E-state index is 12.3. The topological polar surface area (TPSA) is 79.4 Å². The van der Waals surface area contributed by atoms with Crippen molar-refractivity contribution in [3.63, 3.8) is 0 Å². The number of amides is 1. The average molecular weight is 357 g/mol. The zero-order valence-electron chi connectivity index (χ0n) is 9.60. The molecule has 1 heterocycles. The average Bonchev–Trinajstić information content (AvgIpc) is 2.37. The first kappa shape index (κ1) is 13.1. The molecule has 0 aliphatic carbocycles. The molecule has 0 saturated carbocycles. The molecule has 0 aromatic heterocycles. The number of morpholine rings is 1. The van der Waals surface area contributed by atoms with Gasteiger partial charge in [0.15, 0.2) is 6.10 Å². The summed E-state index contributed by atoms with van der Waals surface area (Å²) in [5, 5.41) is 8.82. The number of benzene rings is 1. The molecule has 0 bridgehead atoms. The molecule has 0 spiro atoms. The Hall–Kier alpha value is -1.33. The molecule has 5 nitrogen and oxygen atoms in total. The second kappa shape index (κ2) is 5.54. The lowest BCUT2D eigenvalue weighted by atomic mass is 10.1. The minimum absolute atomic E-state index is 0.108. The molecule has 1 aliphatic heterocycles. The van der Waals surface area contributed by atoms with Crippen LogP contribution in [0.2, 0.25) is 0 Å². The van der Waals surface area contributed by atoms with Gasteiger partial charge in [-0.25, -0.2) is 0 Å². The molecular weight excluding hydrogens is 345 g/mol. The molecule has 0 radical (unpaired) electrons. The van der Waals surface area contributed by atoms with Crippen molar-refractivity contribution in [2.75, 3.05) is 25.4 Å². The lowest BCUT2D eigenvalue weighted by Gasteiger charge is -2.29. The fourth-order valence-corrected chi connectivity index (χ4v) is 2.53. The first-order valence-corrected chi connectivity index (χ1v) is 6.54. The maximum Gasteiger partial charge on any atom is 0.254 e. The zero-order valence-corrected chi connectivity index (χ0v) is 11.8. The molecular formula is C12H12IN3O2. The Morgan fingerprint density at radius 3 is 3.00 bits per heavy atom. The molecule has 1 unspecified atom stereocenters. The van der Waals surface area contributed by atoms with E-state index in [-0.39, 0.29) is 5.91 Å². The van der Waals surface area contributed by atoms with Crippen LogP contribution in [0.5, 0.6) is 0 Å². The van der Waals surface area contributed by atoms with Crippen LogP contribution in [0.25, 0.3) is 0 Å². The van der Waals surface area contributed by atoms with Crippen LogP contribution in [-0.4, -0.2) is 36.6 Å². The summed E-state index contributed by atoms with van der Waals surface area (Å²) in [4.78, 5) is 13.9. The number of nitrogens with two attached hydrogens (primary N) is 1. The number of hydrogen-bond acceptors (Lipinski definition) is 4. The largest absolute Gasteiger partial charge is 0.399 e. The normalized spacial score (nSPS) is 19.3. The summed E-state index contributed by atoms with van der Waals surface area (Å²) in [5.41, 5.74) is 6.85. The number of carbonyl (C=O) groups is 1. The summed E-state index contributed by atoms with van der Waals surface area (Å²) >= 11 is 2.12. The van der Waals surface area contributed by atoms with Gasteiger partial charge in [-0.3, -0.25) is 4.79 Å². The van der Waals surface area contributed by atoms with Gasteiger partial charge in [0.25, 0.3) is 5.91 Å². The van der Waals surface area contributed by atoms with Gasteiger partial charge in [-0.15, -0.1) is 0 Å². The maximum atomic E-state index is 12.3. The molecule has 1 fully saturated rings. The fourth-order valence-electron chi connectivity index (χ4n) is 1.83. The molecule has 2 N–H and O–H groups in total. The van der Waals surface area contributed by atoms with Gasteiger partial charge in [0, 0.05) is 21.4 Å². The molecule has 6 heteroatoms. The van der Waals surface area contributed by atoms with Crippen molar-refractivity contribution in [3.05, 3.63) is 27.3 Å². The van der Waals surface area contributed by atoms with Crippen LogP contribution in [0.4, 0.5) is 5.69 Å². The van der Waals surface area contributed by atoms with Gasteiger partial charge in [-0.1, -0.05) is 0 Å². The number of hydrogen-bond donors (Lipinski definition) is 1. The van der Waals surface area contributed by atoms with E-state index in [1.807, 2.05) is 6.07 Å². The van der Waals surface area contributed by atoms with Gasteiger partial charge >= 0.3 is 0 Å². The Labute approximate surface area is 119 Å². The third-order valence-electron chi connectivity index (χ3n) is 2.66. The van der Waals surface area contributed by atoms with Gasteiger partial charge in [-0.2, -0.15) is 5.26 Å². The monoisotopic (exact) mass is 357 g/mol. The number of anilines is 1. The lowest BCUT2D eigenvalue weighted by molar-refractivity contribution is 0.00347. The van der Waals surface area contributed by atoms with E-state index in [9.17, 15) is 4.79 Å². The number of halogens is 1. The Morgan fingerprint density at radius 1 is 1.56 bits per heavy atom. The summed E-state index contributed by atoms with van der Waals surface area (Å²) < 4.78 is 6.13. The van der Waals surface area contributed by atoms with Crippen LogP contribution < -0.4 is 5.73 Å². The molecule has 18 heavy (non-hydrogen) atoms. The highest BCUT2D eigenvalue weighted by Crippen LogP contribution is 2.17. The molecule has 2 rings (SSSR count).